The number of carbonyl (C=O) groups excluding carboxylic acids is 2. The van der Waals surface area contributed by atoms with Crippen molar-refractivity contribution in [1.29, 1.82) is 0 Å². The van der Waals surface area contributed by atoms with Crippen LogP contribution in [0.15, 0.2) is 42.5 Å². The molecule has 0 spiro atoms. The molecule has 1 saturated heterocycles. The number of phenolic OH excluding ortho intramolecular Hbond substituents is 1. The second kappa shape index (κ2) is 7.53. The van der Waals surface area contributed by atoms with Gasteiger partial charge in [-0.05, 0) is 30.7 Å². The van der Waals surface area contributed by atoms with Crippen LogP contribution in [0.5, 0.6) is 5.75 Å². The van der Waals surface area contributed by atoms with Gasteiger partial charge in [-0.25, -0.2) is 0 Å². The molecule has 148 valence electrons. The molecule has 5 nitrogen and oxygen atoms in total. The Hall–Kier alpha value is -3.03. The van der Waals surface area contributed by atoms with E-state index in [1.165, 1.54) is 35.2 Å². The van der Waals surface area contributed by atoms with Crippen LogP contribution in [0, 0.1) is 6.92 Å². The standard InChI is InChI=1S/C20H19F3N2O3/c1-12-6-7-17(26)15(8-12)19(28)24-14-9-18(27)25(11-14)10-13-4-2-3-5-16(13)20(21,22)23/h2-8,14,26H,9-11H2,1H3,(H,24,28)/t14-/m0/s1. The lowest BCUT2D eigenvalue weighted by molar-refractivity contribution is -0.139. The average Bonchev–Trinajstić information content (AvgIpc) is 2.95. The summed E-state index contributed by atoms with van der Waals surface area (Å²) in [6.45, 7) is 1.69. The molecular weight excluding hydrogens is 373 g/mol. The van der Waals surface area contributed by atoms with Crippen LogP contribution in [0.3, 0.4) is 0 Å². The molecule has 3 rings (SSSR count). The van der Waals surface area contributed by atoms with Gasteiger partial charge in [-0.2, -0.15) is 13.2 Å². The third-order valence-corrected chi connectivity index (χ3v) is 4.63. The van der Waals surface area contributed by atoms with E-state index in [4.69, 9.17) is 0 Å². The summed E-state index contributed by atoms with van der Waals surface area (Å²) in [7, 11) is 0. The van der Waals surface area contributed by atoms with Gasteiger partial charge in [-0.15, -0.1) is 0 Å². The summed E-state index contributed by atoms with van der Waals surface area (Å²) >= 11 is 0. The first-order valence-electron chi connectivity index (χ1n) is 8.68. The predicted molar refractivity (Wildman–Crippen MR) is 95.6 cm³/mol. The molecule has 0 unspecified atom stereocenters. The Balaban J connectivity index is 1.69. The van der Waals surface area contributed by atoms with Gasteiger partial charge in [0.1, 0.15) is 5.75 Å². The van der Waals surface area contributed by atoms with Crippen LogP contribution < -0.4 is 5.32 Å². The second-order valence-electron chi connectivity index (χ2n) is 6.82. The van der Waals surface area contributed by atoms with Crippen molar-refractivity contribution in [2.75, 3.05) is 6.54 Å². The van der Waals surface area contributed by atoms with E-state index in [-0.39, 0.29) is 42.3 Å². The topological polar surface area (TPSA) is 69.6 Å². The van der Waals surface area contributed by atoms with Gasteiger partial charge in [0.15, 0.2) is 0 Å². The zero-order valence-electron chi connectivity index (χ0n) is 15.1. The maximum atomic E-state index is 13.1. The normalized spacial score (nSPS) is 17.1. The average molecular weight is 392 g/mol. The second-order valence-corrected chi connectivity index (χ2v) is 6.82. The highest BCUT2D eigenvalue weighted by Crippen LogP contribution is 2.33. The molecule has 1 aliphatic heterocycles. The molecule has 1 fully saturated rings. The highest BCUT2D eigenvalue weighted by molar-refractivity contribution is 5.97. The van der Waals surface area contributed by atoms with Crippen molar-refractivity contribution >= 4 is 11.8 Å². The predicted octanol–water partition coefficient (Wildman–Crippen LogP) is 3.25. The maximum Gasteiger partial charge on any atom is 0.416 e. The molecule has 28 heavy (non-hydrogen) atoms. The summed E-state index contributed by atoms with van der Waals surface area (Å²) < 4.78 is 39.4. The number of rotatable bonds is 4. The lowest BCUT2D eigenvalue weighted by atomic mass is 10.1. The molecule has 0 aliphatic carbocycles. The molecule has 0 bridgehead atoms. The van der Waals surface area contributed by atoms with Crippen molar-refractivity contribution in [2.45, 2.75) is 32.1 Å². The van der Waals surface area contributed by atoms with E-state index in [0.29, 0.717) is 0 Å². The Labute approximate surface area is 159 Å². The Kier molecular flexibility index (Phi) is 5.31. The zero-order valence-corrected chi connectivity index (χ0v) is 15.1. The molecule has 0 radical (unpaired) electrons. The number of phenols is 1. The van der Waals surface area contributed by atoms with E-state index in [2.05, 4.69) is 5.32 Å². The number of alkyl halides is 3. The van der Waals surface area contributed by atoms with Crippen molar-refractivity contribution in [3.63, 3.8) is 0 Å². The fourth-order valence-electron chi connectivity index (χ4n) is 3.26. The molecule has 0 saturated carbocycles. The van der Waals surface area contributed by atoms with Crippen LogP contribution in [0.2, 0.25) is 0 Å². The van der Waals surface area contributed by atoms with Crippen LogP contribution in [0.25, 0.3) is 0 Å². The minimum Gasteiger partial charge on any atom is -0.507 e. The van der Waals surface area contributed by atoms with E-state index >= 15 is 0 Å². The smallest absolute Gasteiger partial charge is 0.416 e. The Morgan fingerprint density at radius 2 is 1.96 bits per heavy atom. The fraction of sp³-hybridized carbons (Fsp3) is 0.300. The number of hydrogen-bond acceptors (Lipinski definition) is 3. The van der Waals surface area contributed by atoms with Crippen LogP contribution in [-0.2, 0) is 17.5 Å². The third kappa shape index (κ3) is 4.27. The Morgan fingerprint density at radius 3 is 2.68 bits per heavy atom. The van der Waals surface area contributed by atoms with E-state index < -0.39 is 23.7 Å². The summed E-state index contributed by atoms with van der Waals surface area (Å²) in [4.78, 5) is 25.9. The van der Waals surface area contributed by atoms with Crippen molar-refractivity contribution in [1.82, 2.24) is 10.2 Å². The molecule has 2 aromatic rings. The zero-order chi connectivity index (χ0) is 20.5. The quantitative estimate of drug-likeness (QED) is 0.839. The molecule has 0 aromatic heterocycles. The lowest BCUT2D eigenvalue weighted by Crippen LogP contribution is -2.37. The van der Waals surface area contributed by atoms with E-state index in [9.17, 15) is 27.9 Å². The summed E-state index contributed by atoms with van der Waals surface area (Å²) in [6.07, 6.45) is -4.51. The van der Waals surface area contributed by atoms with E-state index in [1.807, 2.05) is 0 Å². The summed E-state index contributed by atoms with van der Waals surface area (Å²) in [6, 6.07) is 9.16. The molecule has 1 atom stereocenters. The number of halogens is 3. The van der Waals surface area contributed by atoms with E-state index in [0.717, 1.165) is 11.6 Å². The molecular formula is C20H19F3N2O3. The fourth-order valence-corrected chi connectivity index (χ4v) is 3.26. The molecule has 1 aliphatic rings. The van der Waals surface area contributed by atoms with Gasteiger partial charge in [0, 0.05) is 19.5 Å². The number of carbonyl (C=O) groups is 2. The number of hydrogen-bond donors (Lipinski definition) is 2. The number of likely N-dealkylation sites (tertiary alicyclic amines) is 1. The molecule has 2 N–H and O–H groups in total. The van der Waals surface area contributed by atoms with E-state index in [1.54, 1.807) is 13.0 Å². The van der Waals surface area contributed by atoms with Gasteiger partial charge in [-0.3, -0.25) is 9.59 Å². The van der Waals surface area contributed by atoms with Crippen molar-refractivity contribution in [3.8, 4) is 5.75 Å². The summed E-state index contributed by atoms with van der Waals surface area (Å²) in [5.74, 6) is -1.05. The Bertz CT molecular complexity index is 912. The first-order valence-corrected chi connectivity index (χ1v) is 8.68. The molecule has 8 heteroatoms. The van der Waals surface area contributed by atoms with Gasteiger partial charge >= 0.3 is 6.18 Å². The van der Waals surface area contributed by atoms with Gasteiger partial charge < -0.3 is 15.3 Å². The highest BCUT2D eigenvalue weighted by atomic mass is 19.4. The largest absolute Gasteiger partial charge is 0.507 e. The number of benzene rings is 2. The van der Waals surface area contributed by atoms with Crippen molar-refractivity contribution in [2.24, 2.45) is 0 Å². The van der Waals surface area contributed by atoms with Crippen LogP contribution >= 0.6 is 0 Å². The number of aryl methyl sites for hydroxylation is 1. The first-order chi connectivity index (χ1) is 13.1. The van der Waals surface area contributed by atoms with Crippen LogP contribution in [0.1, 0.15) is 33.5 Å². The third-order valence-electron chi connectivity index (χ3n) is 4.63. The van der Waals surface area contributed by atoms with Gasteiger partial charge in [0.2, 0.25) is 5.91 Å². The van der Waals surface area contributed by atoms with Gasteiger partial charge in [-0.1, -0.05) is 29.8 Å². The van der Waals surface area contributed by atoms with Crippen LogP contribution in [0.4, 0.5) is 13.2 Å². The molecule has 2 amide bonds. The van der Waals surface area contributed by atoms with Crippen molar-refractivity contribution < 1.29 is 27.9 Å². The number of aromatic hydroxyl groups is 1. The highest BCUT2D eigenvalue weighted by Gasteiger charge is 2.36. The van der Waals surface area contributed by atoms with Gasteiger partial charge in [0.25, 0.3) is 5.91 Å². The summed E-state index contributed by atoms with van der Waals surface area (Å²) in [5.41, 5.74) is 0.107. The summed E-state index contributed by atoms with van der Waals surface area (Å²) in [5, 5.41) is 12.5. The number of nitrogens with zero attached hydrogens (tertiary/aromatic N) is 1. The first kappa shape index (κ1) is 19.7. The monoisotopic (exact) mass is 392 g/mol. The minimum atomic E-state index is -4.50. The number of nitrogens with one attached hydrogen (secondary N) is 1. The SMILES string of the molecule is Cc1ccc(O)c(C(=O)N[C@H]2CC(=O)N(Cc3ccccc3C(F)(F)F)C2)c1. The van der Waals surface area contributed by atoms with Gasteiger partial charge in [0.05, 0.1) is 17.2 Å². The van der Waals surface area contributed by atoms with Crippen molar-refractivity contribution in [3.05, 3.63) is 64.7 Å². The lowest BCUT2D eigenvalue weighted by Gasteiger charge is -2.20. The Morgan fingerprint density at radius 1 is 1.25 bits per heavy atom. The molecule has 1 heterocycles. The minimum absolute atomic E-state index is 0.00616. The van der Waals surface area contributed by atoms with Crippen LogP contribution in [-0.4, -0.2) is 34.4 Å². The molecule has 2 aromatic carbocycles. The number of amides is 2. The maximum absolute atomic E-state index is 13.1.